The third kappa shape index (κ3) is 5.67. The first-order valence-electron chi connectivity index (χ1n) is 5.45. The number of carbonyl (C=O) groups is 1. The smallest absolute Gasteiger partial charge is 0.303 e. The molecule has 3 N–H and O–H groups in total. The van der Waals surface area contributed by atoms with Gasteiger partial charge >= 0.3 is 5.97 Å². The molecule has 0 unspecified atom stereocenters. The molecule has 0 bridgehead atoms. The summed E-state index contributed by atoms with van der Waals surface area (Å²) >= 11 is 0. The summed E-state index contributed by atoms with van der Waals surface area (Å²) in [7, 11) is 0. The first-order valence-corrected chi connectivity index (χ1v) is 5.45. The van der Waals surface area contributed by atoms with Crippen molar-refractivity contribution in [2.75, 3.05) is 0 Å². The zero-order valence-corrected chi connectivity index (χ0v) is 9.47. The highest BCUT2D eigenvalue weighted by Gasteiger charge is 1.98. The monoisotopic (exact) mass is 236 g/mol. The fraction of sp³-hybridized carbons (Fsp3) is 0.333. The number of hydrogen-bond donors (Lipinski definition) is 3. The van der Waals surface area contributed by atoms with Gasteiger partial charge in [0, 0.05) is 6.42 Å². The molecule has 1 rings (SSSR count). The Hall–Kier alpha value is -1.88. The van der Waals surface area contributed by atoms with E-state index in [-0.39, 0.29) is 6.42 Å². The van der Waals surface area contributed by atoms with E-state index in [1.54, 1.807) is 0 Å². The van der Waals surface area contributed by atoms with Crippen LogP contribution in [0.3, 0.4) is 0 Å². The van der Waals surface area contributed by atoms with Crippen LogP contribution in [0.5, 0.6) is 0 Å². The highest BCUT2D eigenvalue weighted by atomic mass is 16.5. The van der Waals surface area contributed by atoms with Crippen LogP contribution in [0, 0.1) is 0 Å². The average Bonchev–Trinajstić information content (AvgIpc) is 2.33. The topological polar surface area (TPSA) is 81.9 Å². The van der Waals surface area contributed by atoms with E-state index >= 15 is 0 Å². The largest absolute Gasteiger partial charge is 0.481 e. The van der Waals surface area contributed by atoms with E-state index in [4.69, 9.17) is 10.3 Å². The van der Waals surface area contributed by atoms with Crippen molar-refractivity contribution >= 4 is 18.0 Å². The van der Waals surface area contributed by atoms with E-state index in [1.165, 1.54) is 6.34 Å². The maximum atomic E-state index is 10.3. The Morgan fingerprint density at radius 3 is 2.59 bits per heavy atom. The number of rotatable bonds is 7. The minimum Gasteiger partial charge on any atom is -0.481 e. The van der Waals surface area contributed by atoms with Crippen molar-refractivity contribution in [1.82, 2.24) is 5.48 Å². The molecule has 0 atom stereocenters. The fourth-order valence-electron chi connectivity index (χ4n) is 1.46. The molecule has 92 valence electrons. The van der Waals surface area contributed by atoms with Crippen LogP contribution in [0.15, 0.2) is 29.3 Å². The van der Waals surface area contributed by atoms with Crippen LogP contribution < -0.4 is 5.48 Å². The van der Waals surface area contributed by atoms with Gasteiger partial charge in [-0.1, -0.05) is 12.1 Å². The lowest BCUT2D eigenvalue weighted by Gasteiger charge is -2.01. The molecule has 1 aromatic rings. The molecule has 5 heteroatoms. The minimum atomic E-state index is -0.744. The molecule has 0 saturated heterocycles. The molecule has 0 saturated carbocycles. The van der Waals surface area contributed by atoms with Crippen LogP contribution in [-0.2, 0) is 11.2 Å². The Balaban J connectivity index is 2.35. The third-order valence-electron chi connectivity index (χ3n) is 2.31. The van der Waals surface area contributed by atoms with Crippen molar-refractivity contribution in [3.63, 3.8) is 0 Å². The molecule has 0 spiro atoms. The summed E-state index contributed by atoms with van der Waals surface area (Å²) < 4.78 is 0. The number of aliphatic imine (C=N–C) groups is 1. The predicted molar refractivity (Wildman–Crippen MR) is 64.7 cm³/mol. The van der Waals surface area contributed by atoms with Gasteiger partial charge in [0.25, 0.3) is 0 Å². The van der Waals surface area contributed by atoms with Gasteiger partial charge in [-0.3, -0.25) is 15.5 Å². The number of carboxylic acid groups (broad SMARTS) is 1. The zero-order chi connectivity index (χ0) is 12.5. The van der Waals surface area contributed by atoms with Gasteiger partial charge in [0.2, 0.25) is 0 Å². The maximum Gasteiger partial charge on any atom is 0.303 e. The predicted octanol–water partition coefficient (Wildman–Crippen LogP) is 2.12. The number of unbranched alkanes of at least 4 members (excludes halogenated alkanes) is 1. The van der Waals surface area contributed by atoms with Gasteiger partial charge < -0.3 is 5.11 Å². The molecule has 0 aromatic heterocycles. The van der Waals surface area contributed by atoms with Crippen LogP contribution >= 0.6 is 0 Å². The molecule has 0 radical (unpaired) electrons. The van der Waals surface area contributed by atoms with Gasteiger partial charge in [-0.05, 0) is 37.0 Å². The standard InChI is InChI=1S/C12H16N2O3/c15-12(16)4-2-1-3-10-5-7-11(8-6-10)13-9-14-17/h5-9,17H,1-4H2,(H,13,14)(H,15,16). The Labute approximate surface area is 99.8 Å². The molecule has 1 aromatic carbocycles. The second-order valence-electron chi connectivity index (χ2n) is 3.65. The summed E-state index contributed by atoms with van der Waals surface area (Å²) in [5.41, 5.74) is 3.75. The van der Waals surface area contributed by atoms with E-state index in [0.29, 0.717) is 6.42 Å². The van der Waals surface area contributed by atoms with E-state index in [1.807, 2.05) is 29.7 Å². The van der Waals surface area contributed by atoms with Gasteiger partial charge in [-0.25, -0.2) is 4.99 Å². The number of nitrogens with zero attached hydrogens (tertiary/aromatic N) is 1. The summed E-state index contributed by atoms with van der Waals surface area (Å²) in [4.78, 5) is 14.2. The fourth-order valence-corrected chi connectivity index (χ4v) is 1.46. The van der Waals surface area contributed by atoms with Crippen molar-refractivity contribution in [2.24, 2.45) is 4.99 Å². The van der Waals surface area contributed by atoms with Crippen molar-refractivity contribution in [3.05, 3.63) is 29.8 Å². The Morgan fingerprint density at radius 2 is 2.00 bits per heavy atom. The molecule has 5 nitrogen and oxygen atoms in total. The second kappa shape index (κ2) is 7.40. The van der Waals surface area contributed by atoms with Gasteiger partial charge in [0.1, 0.15) is 6.34 Å². The van der Waals surface area contributed by atoms with Crippen molar-refractivity contribution < 1.29 is 15.1 Å². The number of nitrogens with one attached hydrogen (secondary N) is 1. The van der Waals surface area contributed by atoms with Crippen LogP contribution in [-0.4, -0.2) is 22.6 Å². The number of hydroxylamine groups is 1. The summed E-state index contributed by atoms with van der Waals surface area (Å²) in [6.07, 6.45) is 3.86. The van der Waals surface area contributed by atoms with Crippen LogP contribution in [0.25, 0.3) is 0 Å². The summed E-state index contributed by atoms with van der Waals surface area (Å²) in [5, 5.41) is 16.8. The third-order valence-corrected chi connectivity index (χ3v) is 2.31. The molecular formula is C12H16N2O3. The molecular weight excluding hydrogens is 220 g/mol. The summed E-state index contributed by atoms with van der Waals surface area (Å²) in [5.74, 6) is -0.744. The minimum absolute atomic E-state index is 0.227. The van der Waals surface area contributed by atoms with Crippen molar-refractivity contribution in [3.8, 4) is 0 Å². The lowest BCUT2D eigenvalue weighted by Crippen LogP contribution is -2.00. The number of carboxylic acids is 1. The summed E-state index contributed by atoms with van der Waals surface area (Å²) in [6, 6.07) is 7.59. The van der Waals surface area contributed by atoms with Gasteiger partial charge in [-0.15, -0.1) is 0 Å². The molecule has 0 fully saturated rings. The number of aliphatic carboxylic acids is 1. The Morgan fingerprint density at radius 1 is 1.29 bits per heavy atom. The average molecular weight is 236 g/mol. The molecule has 17 heavy (non-hydrogen) atoms. The normalized spacial score (nSPS) is 10.6. The zero-order valence-electron chi connectivity index (χ0n) is 9.47. The highest BCUT2D eigenvalue weighted by Crippen LogP contribution is 2.14. The van der Waals surface area contributed by atoms with Gasteiger partial charge in [0.05, 0.1) is 5.69 Å². The summed E-state index contributed by atoms with van der Waals surface area (Å²) in [6.45, 7) is 0. The van der Waals surface area contributed by atoms with E-state index in [9.17, 15) is 4.79 Å². The number of benzene rings is 1. The van der Waals surface area contributed by atoms with E-state index < -0.39 is 5.97 Å². The number of aryl methyl sites for hydroxylation is 1. The first-order chi connectivity index (χ1) is 8.22. The molecule has 0 aliphatic rings. The first kappa shape index (κ1) is 13.2. The van der Waals surface area contributed by atoms with Crippen LogP contribution in [0.2, 0.25) is 0 Å². The Kier molecular flexibility index (Phi) is 5.74. The van der Waals surface area contributed by atoms with E-state index in [2.05, 4.69) is 4.99 Å². The van der Waals surface area contributed by atoms with Crippen LogP contribution in [0.1, 0.15) is 24.8 Å². The molecule has 0 aliphatic heterocycles. The Bertz CT molecular complexity index is 374. The van der Waals surface area contributed by atoms with Crippen LogP contribution in [0.4, 0.5) is 5.69 Å². The highest BCUT2D eigenvalue weighted by molar-refractivity contribution is 5.66. The number of hydrogen-bond acceptors (Lipinski definition) is 3. The van der Waals surface area contributed by atoms with Crippen molar-refractivity contribution in [1.29, 1.82) is 0 Å². The quantitative estimate of drug-likeness (QED) is 0.293. The lowest BCUT2D eigenvalue weighted by atomic mass is 10.1. The van der Waals surface area contributed by atoms with Gasteiger partial charge in [-0.2, -0.15) is 0 Å². The molecule has 0 amide bonds. The van der Waals surface area contributed by atoms with Gasteiger partial charge in [0.15, 0.2) is 0 Å². The lowest BCUT2D eigenvalue weighted by molar-refractivity contribution is -0.137. The maximum absolute atomic E-state index is 10.3. The van der Waals surface area contributed by atoms with Crippen molar-refractivity contribution in [2.45, 2.75) is 25.7 Å². The van der Waals surface area contributed by atoms with E-state index in [0.717, 1.165) is 24.1 Å². The second-order valence-corrected chi connectivity index (χ2v) is 3.65. The molecule has 0 heterocycles. The SMILES string of the molecule is O=C(O)CCCCc1ccc(N=CNO)cc1. The molecule has 0 aliphatic carbocycles.